The normalized spacial score (nSPS) is 17.1. The highest BCUT2D eigenvalue weighted by molar-refractivity contribution is 5.94. The molecule has 33 heavy (non-hydrogen) atoms. The van der Waals surface area contributed by atoms with Gasteiger partial charge in [-0.25, -0.2) is 4.98 Å². The molecule has 3 aromatic rings. The van der Waals surface area contributed by atoms with E-state index in [1.165, 1.54) is 31.4 Å². The lowest BCUT2D eigenvalue weighted by molar-refractivity contribution is 0.0788. The van der Waals surface area contributed by atoms with Crippen LogP contribution in [-0.4, -0.2) is 76.8 Å². The van der Waals surface area contributed by atoms with E-state index in [1.807, 2.05) is 42.4 Å². The van der Waals surface area contributed by atoms with Crippen molar-refractivity contribution in [2.45, 2.75) is 45.2 Å². The van der Waals surface area contributed by atoms with Gasteiger partial charge in [0.25, 0.3) is 5.91 Å². The standard InChI is InChI=1S/C27H37N5O/c1-21-11-10-17-32-24(20-29(2)19-23-14-8-9-16-30(23)3)25(28-26(21)32)27(33)31(4)18-15-22-12-6-5-7-13-22/h5-7,10-13,17,23H,8-9,14-16,18-20H2,1-4H3. The lowest BCUT2D eigenvalue weighted by atomic mass is 10.0. The predicted octanol–water partition coefficient (Wildman–Crippen LogP) is 3.87. The van der Waals surface area contributed by atoms with Gasteiger partial charge in [-0.15, -0.1) is 0 Å². The maximum Gasteiger partial charge on any atom is 0.274 e. The van der Waals surface area contributed by atoms with E-state index in [9.17, 15) is 4.79 Å². The van der Waals surface area contributed by atoms with Gasteiger partial charge in [-0.3, -0.25) is 9.69 Å². The monoisotopic (exact) mass is 447 g/mol. The summed E-state index contributed by atoms with van der Waals surface area (Å²) in [7, 11) is 6.27. The van der Waals surface area contributed by atoms with Crippen LogP contribution < -0.4 is 0 Å². The van der Waals surface area contributed by atoms with Crippen LogP contribution in [0, 0.1) is 6.92 Å². The average Bonchev–Trinajstić information content (AvgIpc) is 3.18. The number of benzene rings is 1. The van der Waals surface area contributed by atoms with Crippen LogP contribution in [0.1, 0.15) is 46.6 Å². The molecule has 3 heterocycles. The Bertz CT molecular complexity index is 1080. The van der Waals surface area contributed by atoms with Crippen molar-refractivity contribution < 1.29 is 4.79 Å². The highest BCUT2D eigenvalue weighted by Gasteiger charge is 2.25. The number of pyridine rings is 1. The third-order valence-electron chi connectivity index (χ3n) is 6.94. The third-order valence-corrected chi connectivity index (χ3v) is 6.94. The SMILES string of the molecule is Cc1cccn2c(CN(C)CC3CCCCN3C)c(C(=O)N(C)CCc3ccccc3)nc12. The first-order valence-electron chi connectivity index (χ1n) is 12.1. The minimum atomic E-state index is -0.00721. The first-order chi connectivity index (χ1) is 15.9. The van der Waals surface area contributed by atoms with Crippen molar-refractivity contribution >= 4 is 11.6 Å². The Labute approximate surface area is 197 Å². The Morgan fingerprint density at radius 2 is 1.91 bits per heavy atom. The minimum Gasteiger partial charge on any atom is -0.340 e. The van der Waals surface area contributed by atoms with Gasteiger partial charge in [-0.2, -0.15) is 0 Å². The van der Waals surface area contributed by atoms with Gasteiger partial charge >= 0.3 is 0 Å². The summed E-state index contributed by atoms with van der Waals surface area (Å²) in [5.41, 5.74) is 4.74. The fraction of sp³-hybridized carbons (Fsp3) is 0.481. The van der Waals surface area contributed by atoms with Gasteiger partial charge < -0.3 is 14.2 Å². The van der Waals surface area contributed by atoms with E-state index in [0.717, 1.165) is 29.9 Å². The fourth-order valence-corrected chi connectivity index (χ4v) is 4.85. The van der Waals surface area contributed by atoms with Gasteiger partial charge in [0.2, 0.25) is 0 Å². The molecule has 0 bridgehead atoms. The number of aryl methyl sites for hydroxylation is 1. The summed E-state index contributed by atoms with van der Waals surface area (Å²) in [5.74, 6) is -0.00721. The Balaban J connectivity index is 1.54. The summed E-state index contributed by atoms with van der Waals surface area (Å²) in [6, 6.07) is 15.0. The average molecular weight is 448 g/mol. The van der Waals surface area contributed by atoms with Gasteiger partial charge in [0, 0.05) is 38.9 Å². The molecule has 176 valence electrons. The molecule has 0 aliphatic carbocycles. The van der Waals surface area contributed by atoms with Gasteiger partial charge in [-0.1, -0.05) is 42.8 Å². The fourth-order valence-electron chi connectivity index (χ4n) is 4.85. The molecule has 1 fully saturated rings. The Morgan fingerprint density at radius 3 is 2.67 bits per heavy atom. The van der Waals surface area contributed by atoms with Gasteiger partial charge in [-0.05, 0) is 64.0 Å². The van der Waals surface area contributed by atoms with Crippen LogP contribution in [-0.2, 0) is 13.0 Å². The number of hydrogen-bond donors (Lipinski definition) is 0. The van der Waals surface area contributed by atoms with Crippen molar-refractivity contribution in [3.05, 3.63) is 71.2 Å². The van der Waals surface area contributed by atoms with Crippen LogP contribution in [0.4, 0.5) is 0 Å². The number of imidazole rings is 1. The molecule has 6 nitrogen and oxygen atoms in total. The molecule has 1 amide bonds. The number of hydrogen-bond acceptors (Lipinski definition) is 4. The molecule has 1 saturated heterocycles. The topological polar surface area (TPSA) is 44.1 Å². The van der Waals surface area contributed by atoms with Gasteiger partial charge in [0.15, 0.2) is 5.69 Å². The quantitative estimate of drug-likeness (QED) is 0.526. The number of nitrogens with zero attached hydrogens (tertiary/aromatic N) is 5. The van der Waals surface area contributed by atoms with E-state index in [1.54, 1.807) is 0 Å². The summed E-state index contributed by atoms with van der Waals surface area (Å²) in [5, 5.41) is 0. The first-order valence-corrected chi connectivity index (χ1v) is 12.1. The molecular formula is C27H37N5O. The number of likely N-dealkylation sites (tertiary alicyclic amines) is 1. The lowest BCUT2D eigenvalue weighted by Crippen LogP contribution is -2.43. The molecule has 0 radical (unpaired) electrons. The number of carbonyl (C=O) groups excluding carboxylic acids is 1. The lowest BCUT2D eigenvalue weighted by Gasteiger charge is -2.35. The predicted molar refractivity (Wildman–Crippen MR) is 134 cm³/mol. The van der Waals surface area contributed by atoms with Crippen LogP contribution >= 0.6 is 0 Å². The third kappa shape index (κ3) is 5.45. The second-order valence-corrected chi connectivity index (χ2v) is 9.58. The van der Waals surface area contributed by atoms with Crippen molar-refractivity contribution in [1.29, 1.82) is 0 Å². The van der Waals surface area contributed by atoms with Crippen molar-refractivity contribution in [3.8, 4) is 0 Å². The number of rotatable bonds is 8. The molecule has 6 heteroatoms. The molecule has 0 N–H and O–H groups in total. The van der Waals surface area contributed by atoms with Crippen molar-refractivity contribution in [2.75, 3.05) is 40.8 Å². The molecule has 0 spiro atoms. The number of aromatic nitrogens is 2. The van der Waals surface area contributed by atoms with Crippen molar-refractivity contribution in [2.24, 2.45) is 0 Å². The zero-order chi connectivity index (χ0) is 23.4. The minimum absolute atomic E-state index is 0.00721. The van der Waals surface area contributed by atoms with Crippen molar-refractivity contribution in [1.82, 2.24) is 24.1 Å². The molecule has 1 aliphatic heterocycles. The number of piperidine rings is 1. The molecular weight excluding hydrogens is 410 g/mol. The molecule has 1 atom stereocenters. The van der Waals surface area contributed by atoms with Crippen LogP contribution in [0.3, 0.4) is 0 Å². The van der Waals surface area contributed by atoms with Crippen LogP contribution in [0.2, 0.25) is 0 Å². The first kappa shape index (κ1) is 23.5. The van der Waals surface area contributed by atoms with Gasteiger partial charge in [0.1, 0.15) is 5.65 Å². The number of carbonyl (C=O) groups is 1. The van der Waals surface area contributed by atoms with E-state index < -0.39 is 0 Å². The van der Waals surface area contributed by atoms with E-state index in [2.05, 4.69) is 53.4 Å². The summed E-state index contributed by atoms with van der Waals surface area (Å²) >= 11 is 0. The maximum absolute atomic E-state index is 13.5. The molecule has 1 aliphatic rings. The van der Waals surface area contributed by atoms with E-state index in [-0.39, 0.29) is 5.91 Å². The summed E-state index contributed by atoms with van der Waals surface area (Å²) in [4.78, 5) is 25.0. The summed E-state index contributed by atoms with van der Waals surface area (Å²) < 4.78 is 2.11. The van der Waals surface area contributed by atoms with E-state index in [0.29, 0.717) is 24.8 Å². The highest BCUT2D eigenvalue weighted by Crippen LogP contribution is 2.21. The van der Waals surface area contributed by atoms with E-state index >= 15 is 0 Å². The summed E-state index contributed by atoms with van der Waals surface area (Å²) in [6.45, 7) is 5.58. The number of likely N-dealkylation sites (N-methyl/N-ethyl adjacent to an activating group) is 3. The smallest absolute Gasteiger partial charge is 0.274 e. The number of fused-ring (bicyclic) bond motifs is 1. The second-order valence-electron chi connectivity index (χ2n) is 9.58. The molecule has 0 saturated carbocycles. The summed E-state index contributed by atoms with van der Waals surface area (Å²) in [6.07, 6.45) is 6.69. The van der Waals surface area contributed by atoms with Crippen LogP contribution in [0.25, 0.3) is 5.65 Å². The molecule has 2 aromatic heterocycles. The largest absolute Gasteiger partial charge is 0.340 e. The Kier molecular flexibility index (Phi) is 7.46. The van der Waals surface area contributed by atoms with Crippen LogP contribution in [0.5, 0.6) is 0 Å². The van der Waals surface area contributed by atoms with Crippen molar-refractivity contribution in [3.63, 3.8) is 0 Å². The van der Waals surface area contributed by atoms with Crippen LogP contribution in [0.15, 0.2) is 48.7 Å². The van der Waals surface area contributed by atoms with Gasteiger partial charge in [0.05, 0.1) is 5.69 Å². The Hall–Kier alpha value is -2.70. The zero-order valence-corrected chi connectivity index (χ0v) is 20.5. The number of amides is 1. The maximum atomic E-state index is 13.5. The van der Waals surface area contributed by atoms with E-state index in [4.69, 9.17) is 4.98 Å². The zero-order valence-electron chi connectivity index (χ0n) is 20.5. The highest BCUT2D eigenvalue weighted by atomic mass is 16.2. The molecule has 1 aromatic carbocycles. The molecule has 4 rings (SSSR count). The second kappa shape index (κ2) is 10.5. The molecule has 1 unspecified atom stereocenters. The Morgan fingerprint density at radius 1 is 1.12 bits per heavy atom.